The molecule has 4 aromatic rings. The van der Waals surface area contributed by atoms with Crippen molar-refractivity contribution in [3.63, 3.8) is 0 Å². The van der Waals surface area contributed by atoms with E-state index >= 15 is 0 Å². The first kappa shape index (κ1) is 12.3. The van der Waals surface area contributed by atoms with Crippen LogP contribution in [0.15, 0.2) is 67.0 Å². The minimum absolute atomic E-state index is 0.672. The van der Waals surface area contributed by atoms with Gasteiger partial charge in [0.05, 0.1) is 11.0 Å². The Labute approximate surface area is 127 Å². The van der Waals surface area contributed by atoms with Gasteiger partial charge in [0.25, 0.3) is 0 Å². The van der Waals surface area contributed by atoms with Crippen LogP contribution in [0.25, 0.3) is 32.9 Å². The van der Waals surface area contributed by atoms with Crippen molar-refractivity contribution in [2.75, 3.05) is 0 Å². The van der Waals surface area contributed by atoms with Crippen LogP contribution >= 0.6 is 11.6 Å². The average molecular weight is 291 g/mol. The SMILES string of the molecule is Clc1cc(-c2ccc3ccccc3c2)c2nccnc2c1. The molecule has 0 saturated heterocycles. The van der Waals surface area contributed by atoms with Crippen molar-refractivity contribution < 1.29 is 0 Å². The van der Waals surface area contributed by atoms with Gasteiger partial charge in [-0.3, -0.25) is 9.97 Å². The molecule has 0 amide bonds. The van der Waals surface area contributed by atoms with E-state index in [1.165, 1.54) is 10.8 Å². The number of rotatable bonds is 1. The molecule has 1 heterocycles. The highest BCUT2D eigenvalue weighted by atomic mass is 35.5. The van der Waals surface area contributed by atoms with E-state index in [2.05, 4.69) is 40.3 Å². The molecule has 0 spiro atoms. The second-order valence-electron chi connectivity index (χ2n) is 4.94. The standard InChI is InChI=1S/C18H11ClN2/c19-15-10-16(18-17(11-15)20-7-8-21-18)14-6-5-12-3-1-2-4-13(12)9-14/h1-11H. The molecule has 0 bridgehead atoms. The van der Waals surface area contributed by atoms with Crippen LogP contribution in [0.1, 0.15) is 0 Å². The number of aromatic nitrogens is 2. The monoisotopic (exact) mass is 290 g/mol. The zero-order valence-corrected chi connectivity index (χ0v) is 11.9. The summed E-state index contributed by atoms with van der Waals surface area (Å²) in [5.74, 6) is 0. The number of halogens is 1. The number of hydrogen-bond donors (Lipinski definition) is 0. The molecular formula is C18H11ClN2. The fourth-order valence-corrected chi connectivity index (χ4v) is 2.83. The minimum Gasteiger partial charge on any atom is -0.253 e. The van der Waals surface area contributed by atoms with Gasteiger partial charge in [-0.2, -0.15) is 0 Å². The summed E-state index contributed by atoms with van der Waals surface area (Å²) in [6.07, 6.45) is 3.39. The molecule has 3 aromatic carbocycles. The summed E-state index contributed by atoms with van der Waals surface area (Å²) in [5, 5.41) is 3.09. The molecule has 1 aromatic heterocycles. The quantitative estimate of drug-likeness (QED) is 0.487. The van der Waals surface area contributed by atoms with Gasteiger partial charge in [-0.1, -0.05) is 48.0 Å². The van der Waals surface area contributed by atoms with E-state index in [1.807, 2.05) is 24.3 Å². The second kappa shape index (κ2) is 4.83. The van der Waals surface area contributed by atoms with Gasteiger partial charge in [0.2, 0.25) is 0 Å². The Balaban J connectivity index is 2.03. The molecule has 0 saturated carbocycles. The zero-order valence-electron chi connectivity index (χ0n) is 11.1. The molecule has 21 heavy (non-hydrogen) atoms. The maximum Gasteiger partial charge on any atom is 0.0966 e. The van der Waals surface area contributed by atoms with Crippen LogP contribution in [0, 0.1) is 0 Å². The lowest BCUT2D eigenvalue weighted by Gasteiger charge is -2.08. The first-order chi connectivity index (χ1) is 10.3. The van der Waals surface area contributed by atoms with Crippen LogP contribution in [-0.2, 0) is 0 Å². The summed E-state index contributed by atoms with van der Waals surface area (Å²) in [6, 6.07) is 18.5. The molecule has 0 N–H and O–H groups in total. The highest BCUT2D eigenvalue weighted by Gasteiger charge is 2.08. The van der Waals surface area contributed by atoms with Crippen LogP contribution in [0.5, 0.6) is 0 Å². The summed E-state index contributed by atoms with van der Waals surface area (Å²) in [4.78, 5) is 8.80. The van der Waals surface area contributed by atoms with Gasteiger partial charge in [0.1, 0.15) is 0 Å². The minimum atomic E-state index is 0.672. The molecule has 100 valence electrons. The smallest absolute Gasteiger partial charge is 0.0966 e. The number of benzene rings is 3. The Morgan fingerprint density at radius 3 is 2.48 bits per heavy atom. The summed E-state index contributed by atoms with van der Waals surface area (Å²) >= 11 is 6.22. The number of nitrogens with zero attached hydrogens (tertiary/aromatic N) is 2. The molecule has 4 rings (SSSR count). The van der Waals surface area contributed by atoms with Crippen LogP contribution in [0.2, 0.25) is 5.02 Å². The molecular weight excluding hydrogens is 280 g/mol. The first-order valence-electron chi connectivity index (χ1n) is 6.71. The third-order valence-electron chi connectivity index (χ3n) is 3.60. The second-order valence-corrected chi connectivity index (χ2v) is 5.38. The first-order valence-corrected chi connectivity index (χ1v) is 7.08. The highest BCUT2D eigenvalue weighted by Crippen LogP contribution is 2.31. The molecule has 0 aliphatic heterocycles. The van der Waals surface area contributed by atoms with Crippen LogP contribution in [-0.4, -0.2) is 9.97 Å². The van der Waals surface area contributed by atoms with Gasteiger partial charge in [-0.15, -0.1) is 0 Å². The fraction of sp³-hybridized carbons (Fsp3) is 0. The third-order valence-corrected chi connectivity index (χ3v) is 3.82. The maximum absolute atomic E-state index is 6.22. The Hall–Kier alpha value is -2.45. The Kier molecular flexibility index (Phi) is 2.83. The normalized spacial score (nSPS) is 11.1. The van der Waals surface area contributed by atoms with Gasteiger partial charge in [0, 0.05) is 23.0 Å². The van der Waals surface area contributed by atoms with E-state index in [9.17, 15) is 0 Å². The molecule has 0 radical (unpaired) electrons. The van der Waals surface area contributed by atoms with Gasteiger partial charge in [-0.25, -0.2) is 0 Å². The van der Waals surface area contributed by atoms with E-state index < -0.39 is 0 Å². The molecule has 0 atom stereocenters. The summed E-state index contributed by atoms with van der Waals surface area (Å²) in [5.41, 5.74) is 3.79. The van der Waals surface area contributed by atoms with E-state index in [1.54, 1.807) is 12.4 Å². The van der Waals surface area contributed by atoms with E-state index in [0.29, 0.717) is 5.02 Å². The van der Waals surface area contributed by atoms with E-state index in [4.69, 9.17) is 11.6 Å². The number of fused-ring (bicyclic) bond motifs is 2. The Morgan fingerprint density at radius 2 is 1.57 bits per heavy atom. The fourth-order valence-electron chi connectivity index (χ4n) is 2.62. The molecule has 3 heteroatoms. The van der Waals surface area contributed by atoms with Crippen molar-refractivity contribution in [1.29, 1.82) is 0 Å². The topological polar surface area (TPSA) is 25.8 Å². The lowest BCUT2D eigenvalue weighted by molar-refractivity contribution is 1.29. The molecule has 2 nitrogen and oxygen atoms in total. The number of hydrogen-bond acceptors (Lipinski definition) is 2. The highest BCUT2D eigenvalue weighted by molar-refractivity contribution is 6.31. The summed E-state index contributed by atoms with van der Waals surface area (Å²) in [6.45, 7) is 0. The Morgan fingerprint density at radius 1 is 0.762 bits per heavy atom. The zero-order chi connectivity index (χ0) is 14.2. The molecule has 0 aliphatic carbocycles. The third kappa shape index (κ3) is 2.14. The van der Waals surface area contributed by atoms with Gasteiger partial charge < -0.3 is 0 Å². The van der Waals surface area contributed by atoms with Gasteiger partial charge in [0.15, 0.2) is 0 Å². The van der Waals surface area contributed by atoms with Crippen LogP contribution in [0.4, 0.5) is 0 Å². The summed E-state index contributed by atoms with van der Waals surface area (Å²) < 4.78 is 0. The van der Waals surface area contributed by atoms with Crippen LogP contribution in [0.3, 0.4) is 0 Å². The van der Waals surface area contributed by atoms with Crippen molar-refractivity contribution in [2.24, 2.45) is 0 Å². The van der Waals surface area contributed by atoms with Crippen molar-refractivity contribution in [2.45, 2.75) is 0 Å². The van der Waals surface area contributed by atoms with Crippen molar-refractivity contribution in [1.82, 2.24) is 9.97 Å². The maximum atomic E-state index is 6.22. The average Bonchev–Trinajstić information content (AvgIpc) is 2.53. The molecule has 0 fully saturated rings. The van der Waals surface area contributed by atoms with E-state index in [-0.39, 0.29) is 0 Å². The largest absolute Gasteiger partial charge is 0.253 e. The molecule has 0 unspecified atom stereocenters. The summed E-state index contributed by atoms with van der Waals surface area (Å²) in [7, 11) is 0. The van der Waals surface area contributed by atoms with Gasteiger partial charge >= 0.3 is 0 Å². The van der Waals surface area contributed by atoms with Crippen molar-refractivity contribution in [3.8, 4) is 11.1 Å². The lowest BCUT2D eigenvalue weighted by Crippen LogP contribution is -1.88. The van der Waals surface area contributed by atoms with Crippen molar-refractivity contribution >= 4 is 33.4 Å². The predicted octanol–water partition coefficient (Wildman–Crippen LogP) is 5.10. The van der Waals surface area contributed by atoms with Crippen LogP contribution < -0.4 is 0 Å². The Bertz CT molecular complexity index is 963. The van der Waals surface area contributed by atoms with E-state index in [0.717, 1.165) is 22.2 Å². The molecule has 0 aliphatic rings. The lowest BCUT2D eigenvalue weighted by atomic mass is 10.00. The van der Waals surface area contributed by atoms with Crippen molar-refractivity contribution in [3.05, 3.63) is 72.0 Å². The predicted molar refractivity (Wildman–Crippen MR) is 87.5 cm³/mol. The van der Waals surface area contributed by atoms with Gasteiger partial charge in [-0.05, 0) is 34.5 Å².